The molecule has 0 saturated heterocycles. The third kappa shape index (κ3) is 5.95. The Morgan fingerprint density at radius 2 is 1.90 bits per heavy atom. The Morgan fingerprint density at radius 3 is 2.62 bits per heavy atom. The second-order valence-electron chi connectivity index (χ2n) is 6.27. The average Bonchev–Trinajstić information content (AvgIpc) is 3.40. The van der Waals surface area contributed by atoms with E-state index in [1.165, 1.54) is 11.8 Å². The van der Waals surface area contributed by atoms with Crippen LogP contribution in [-0.2, 0) is 16.1 Å². The zero-order chi connectivity index (χ0) is 20.5. The van der Waals surface area contributed by atoms with Crippen LogP contribution in [0.25, 0.3) is 11.6 Å². The predicted molar refractivity (Wildman–Crippen MR) is 110 cm³/mol. The Hall–Kier alpha value is -3.07. The van der Waals surface area contributed by atoms with E-state index in [9.17, 15) is 9.59 Å². The highest BCUT2D eigenvalue weighted by molar-refractivity contribution is 7.99. The van der Waals surface area contributed by atoms with Gasteiger partial charge >= 0.3 is 0 Å². The summed E-state index contributed by atoms with van der Waals surface area (Å²) in [7, 11) is 0. The number of carbonyl (C=O) groups is 2. The van der Waals surface area contributed by atoms with Crippen LogP contribution in [0.15, 0.2) is 58.3 Å². The summed E-state index contributed by atoms with van der Waals surface area (Å²) in [5.41, 5.74) is 1.08. The fraction of sp³-hybridized carbons (Fsp3) is 0.300. The first-order valence-electron chi connectivity index (χ1n) is 9.34. The number of amides is 2. The van der Waals surface area contributed by atoms with Gasteiger partial charge < -0.3 is 15.1 Å². The van der Waals surface area contributed by atoms with Gasteiger partial charge in [-0.1, -0.05) is 49.0 Å². The van der Waals surface area contributed by atoms with Crippen molar-refractivity contribution in [3.05, 3.63) is 54.3 Å². The van der Waals surface area contributed by atoms with Crippen LogP contribution in [0, 0.1) is 0 Å². The Kier molecular flexibility index (Phi) is 7.46. The van der Waals surface area contributed by atoms with Crippen LogP contribution in [0.1, 0.15) is 18.9 Å². The minimum Gasteiger partial charge on any atom is -0.461 e. The largest absolute Gasteiger partial charge is 0.461 e. The number of furan rings is 1. The summed E-state index contributed by atoms with van der Waals surface area (Å²) in [4.78, 5) is 23.7. The summed E-state index contributed by atoms with van der Waals surface area (Å²) < 4.78 is 7.39. The molecule has 0 aliphatic heterocycles. The first-order valence-corrected chi connectivity index (χ1v) is 10.3. The number of carbonyl (C=O) groups excluding carboxylic acids is 2. The fourth-order valence-corrected chi connectivity index (χ4v) is 3.35. The summed E-state index contributed by atoms with van der Waals surface area (Å²) >= 11 is 1.27. The van der Waals surface area contributed by atoms with E-state index in [2.05, 4.69) is 20.8 Å². The molecule has 0 radical (unpaired) electrons. The molecule has 0 saturated carbocycles. The van der Waals surface area contributed by atoms with Gasteiger partial charge in [0, 0.05) is 6.54 Å². The van der Waals surface area contributed by atoms with Crippen molar-refractivity contribution in [3.63, 3.8) is 0 Å². The molecule has 3 aromatic rings. The van der Waals surface area contributed by atoms with Gasteiger partial charge in [-0.05, 0) is 24.1 Å². The molecule has 0 fully saturated rings. The highest BCUT2D eigenvalue weighted by Gasteiger charge is 2.18. The van der Waals surface area contributed by atoms with E-state index in [1.807, 2.05) is 47.9 Å². The quantitative estimate of drug-likeness (QED) is 0.495. The van der Waals surface area contributed by atoms with E-state index in [4.69, 9.17) is 4.42 Å². The highest BCUT2D eigenvalue weighted by Crippen LogP contribution is 2.25. The number of nitrogens with zero attached hydrogens (tertiary/aromatic N) is 3. The summed E-state index contributed by atoms with van der Waals surface area (Å²) in [5.74, 6) is 0.901. The van der Waals surface area contributed by atoms with Crippen molar-refractivity contribution >= 4 is 23.6 Å². The lowest BCUT2D eigenvalue weighted by atomic mass is 10.2. The molecular weight excluding hydrogens is 390 g/mol. The van der Waals surface area contributed by atoms with Gasteiger partial charge in [0.2, 0.25) is 17.6 Å². The minimum absolute atomic E-state index is 0.0340. The molecule has 2 N–H and O–H groups in total. The standard InChI is InChI=1S/C20H23N5O3S/c1-2-10-21-17(26)12-22-18(27)14-29-20-24-23-19(16-9-6-11-28-16)25(20)13-15-7-4-3-5-8-15/h3-9,11H,2,10,12-14H2,1H3,(H,21,26)(H,22,27). The zero-order valence-corrected chi connectivity index (χ0v) is 16.9. The Morgan fingerprint density at radius 1 is 1.07 bits per heavy atom. The van der Waals surface area contributed by atoms with Crippen LogP contribution >= 0.6 is 11.8 Å². The van der Waals surface area contributed by atoms with Crippen molar-refractivity contribution in [2.45, 2.75) is 25.0 Å². The van der Waals surface area contributed by atoms with Crippen molar-refractivity contribution in [2.24, 2.45) is 0 Å². The van der Waals surface area contributed by atoms with Gasteiger partial charge in [0.25, 0.3) is 0 Å². The van der Waals surface area contributed by atoms with Crippen molar-refractivity contribution in [1.82, 2.24) is 25.4 Å². The van der Waals surface area contributed by atoms with Crippen LogP contribution in [0.4, 0.5) is 0 Å². The fourth-order valence-electron chi connectivity index (χ4n) is 2.58. The molecule has 2 aromatic heterocycles. The summed E-state index contributed by atoms with van der Waals surface area (Å²) in [6.07, 6.45) is 2.44. The topological polar surface area (TPSA) is 102 Å². The normalized spacial score (nSPS) is 10.7. The summed E-state index contributed by atoms with van der Waals surface area (Å²) in [5, 5.41) is 14.4. The van der Waals surface area contributed by atoms with Gasteiger partial charge in [-0.25, -0.2) is 0 Å². The predicted octanol–water partition coefficient (Wildman–Crippen LogP) is 2.32. The number of nitrogens with one attached hydrogen (secondary N) is 2. The molecule has 2 amide bonds. The molecule has 3 rings (SSSR count). The number of aromatic nitrogens is 3. The van der Waals surface area contributed by atoms with Crippen LogP contribution in [0.2, 0.25) is 0 Å². The number of hydrogen-bond donors (Lipinski definition) is 2. The maximum Gasteiger partial charge on any atom is 0.239 e. The first-order chi connectivity index (χ1) is 14.2. The highest BCUT2D eigenvalue weighted by atomic mass is 32.2. The van der Waals surface area contributed by atoms with Crippen LogP contribution in [0.3, 0.4) is 0 Å². The SMILES string of the molecule is CCCNC(=O)CNC(=O)CSc1nnc(-c2ccco2)n1Cc1ccccc1. The van der Waals surface area contributed by atoms with Gasteiger partial charge in [-0.3, -0.25) is 14.2 Å². The minimum atomic E-state index is -0.240. The summed E-state index contributed by atoms with van der Waals surface area (Å²) in [6, 6.07) is 13.5. The first kappa shape index (κ1) is 20.7. The number of benzene rings is 1. The van der Waals surface area contributed by atoms with Crippen molar-refractivity contribution in [1.29, 1.82) is 0 Å². The maximum absolute atomic E-state index is 12.1. The van der Waals surface area contributed by atoms with Crippen LogP contribution in [0.5, 0.6) is 0 Å². The molecule has 1 aromatic carbocycles. The zero-order valence-electron chi connectivity index (χ0n) is 16.1. The van der Waals surface area contributed by atoms with Gasteiger partial charge in [0.1, 0.15) is 0 Å². The van der Waals surface area contributed by atoms with Gasteiger partial charge in [-0.2, -0.15) is 0 Å². The molecular formula is C20H23N5O3S. The molecule has 0 aliphatic carbocycles. The van der Waals surface area contributed by atoms with Gasteiger partial charge in [0.15, 0.2) is 10.9 Å². The number of thioether (sulfide) groups is 1. The third-order valence-corrected chi connectivity index (χ3v) is 4.96. The molecule has 0 unspecified atom stereocenters. The molecule has 8 nitrogen and oxygen atoms in total. The Balaban J connectivity index is 1.66. The molecule has 152 valence electrons. The molecule has 2 heterocycles. The monoisotopic (exact) mass is 413 g/mol. The lowest BCUT2D eigenvalue weighted by Crippen LogP contribution is -2.37. The van der Waals surface area contributed by atoms with Crippen LogP contribution < -0.4 is 10.6 Å². The molecule has 29 heavy (non-hydrogen) atoms. The van der Waals surface area contributed by atoms with Crippen LogP contribution in [-0.4, -0.2) is 45.4 Å². The van der Waals surface area contributed by atoms with E-state index in [-0.39, 0.29) is 24.1 Å². The molecule has 9 heteroatoms. The lowest BCUT2D eigenvalue weighted by molar-refractivity contribution is -0.124. The third-order valence-electron chi connectivity index (χ3n) is 3.99. The molecule has 0 aliphatic rings. The van der Waals surface area contributed by atoms with Crippen molar-refractivity contribution < 1.29 is 14.0 Å². The molecule has 0 atom stereocenters. The van der Waals surface area contributed by atoms with E-state index >= 15 is 0 Å². The Bertz CT molecular complexity index is 925. The lowest BCUT2D eigenvalue weighted by Gasteiger charge is -2.09. The molecule has 0 bridgehead atoms. The van der Waals surface area contributed by atoms with Crippen molar-refractivity contribution in [3.8, 4) is 11.6 Å². The van der Waals surface area contributed by atoms with E-state index < -0.39 is 0 Å². The van der Waals surface area contributed by atoms with E-state index in [0.29, 0.717) is 29.8 Å². The van der Waals surface area contributed by atoms with E-state index in [1.54, 1.807) is 12.3 Å². The van der Waals surface area contributed by atoms with E-state index in [0.717, 1.165) is 12.0 Å². The second kappa shape index (κ2) is 10.5. The second-order valence-corrected chi connectivity index (χ2v) is 7.21. The van der Waals surface area contributed by atoms with Crippen molar-refractivity contribution in [2.75, 3.05) is 18.8 Å². The van der Waals surface area contributed by atoms with Gasteiger partial charge in [0.05, 0.1) is 25.1 Å². The summed E-state index contributed by atoms with van der Waals surface area (Å²) in [6.45, 7) is 3.08. The number of hydrogen-bond acceptors (Lipinski definition) is 6. The Labute approximate surface area is 173 Å². The average molecular weight is 414 g/mol. The smallest absolute Gasteiger partial charge is 0.239 e. The van der Waals surface area contributed by atoms with Gasteiger partial charge in [-0.15, -0.1) is 10.2 Å². The maximum atomic E-state index is 12.1. The molecule has 0 spiro atoms. The number of rotatable bonds is 10.